The van der Waals surface area contributed by atoms with Crippen LogP contribution in [0.15, 0.2) is 28.9 Å². The summed E-state index contributed by atoms with van der Waals surface area (Å²) >= 11 is 0. The highest BCUT2D eigenvalue weighted by Gasteiger charge is 2.09. The number of hydrogen-bond acceptors (Lipinski definition) is 2. The third-order valence-corrected chi connectivity index (χ3v) is 2.59. The van der Waals surface area contributed by atoms with E-state index in [1.807, 2.05) is 32.0 Å². The molecule has 3 nitrogen and oxygen atoms in total. The molecule has 0 aliphatic rings. The van der Waals surface area contributed by atoms with Crippen LogP contribution in [0.3, 0.4) is 0 Å². The largest absolute Gasteiger partial charge is 0.467 e. The fourth-order valence-electron chi connectivity index (χ4n) is 1.72. The SMILES string of the molecule is Cc1cc(C#N)c(C)n1Cc1ccco1. The first-order valence-electron chi connectivity index (χ1n) is 4.81. The molecule has 2 rings (SSSR count). The lowest BCUT2D eigenvalue weighted by Gasteiger charge is -2.06. The quantitative estimate of drug-likeness (QED) is 0.747. The molecule has 0 amide bonds. The molecule has 0 saturated heterocycles. The van der Waals surface area contributed by atoms with Gasteiger partial charge >= 0.3 is 0 Å². The number of nitriles is 1. The van der Waals surface area contributed by atoms with Crippen LogP contribution in [-0.2, 0) is 6.54 Å². The average molecular weight is 200 g/mol. The third-order valence-electron chi connectivity index (χ3n) is 2.59. The van der Waals surface area contributed by atoms with Gasteiger partial charge < -0.3 is 8.98 Å². The van der Waals surface area contributed by atoms with Crippen molar-refractivity contribution in [2.75, 3.05) is 0 Å². The zero-order chi connectivity index (χ0) is 10.8. The number of aromatic nitrogens is 1. The molecule has 0 bridgehead atoms. The molecule has 0 unspecified atom stereocenters. The Balaban J connectivity index is 2.37. The normalized spacial score (nSPS) is 10.2. The number of nitrogens with zero attached hydrogens (tertiary/aromatic N) is 2. The molecule has 0 atom stereocenters. The first-order valence-corrected chi connectivity index (χ1v) is 4.81. The molecule has 0 N–H and O–H groups in total. The van der Waals surface area contributed by atoms with Crippen LogP contribution in [0.4, 0.5) is 0 Å². The number of rotatable bonds is 2. The molecular formula is C12H12N2O. The summed E-state index contributed by atoms with van der Waals surface area (Å²) in [4.78, 5) is 0. The van der Waals surface area contributed by atoms with Crippen molar-refractivity contribution in [3.8, 4) is 6.07 Å². The second kappa shape index (κ2) is 3.66. The van der Waals surface area contributed by atoms with Gasteiger partial charge in [-0.2, -0.15) is 5.26 Å². The van der Waals surface area contributed by atoms with E-state index < -0.39 is 0 Å². The average Bonchev–Trinajstić information content (AvgIpc) is 2.81. The van der Waals surface area contributed by atoms with E-state index >= 15 is 0 Å². The maximum atomic E-state index is 8.90. The van der Waals surface area contributed by atoms with Gasteiger partial charge in [0.2, 0.25) is 0 Å². The van der Waals surface area contributed by atoms with Crippen LogP contribution >= 0.6 is 0 Å². The van der Waals surface area contributed by atoms with Crippen molar-refractivity contribution >= 4 is 0 Å². The molecule has 3 heteroatoms. The van der Waals surface area contributed by atoms with Crippen molar-refractivity contribution in [2.45, 2.75) is 20.4 Å². The molecule has 0 fully saturated rings. The molecule has 15 heavy (non-hydrogen) atoms. The summed E-state index contributed by atoms with van der Waals surface area (Å²) < 4.78 is 7.37. The Morgan fingerprint density at radius 1 is 1.47 bits per heavy atom. The predicted molar refractivity (Wildman–Crippen MR) is 56.4 cm³/mol. The molecule has 0 radical (unpaired) electrons. The molecule has 0 aromatic carbocycles. The highest BCUT2D eigenvalue weighted by Crippen LogP contribution is 2.16. The maximum Gasteiger partial charge on any atom is 0.123 e. The summed E-state index contributed by atoms with van der Waals surface area (Å²) in [6.45, 7) is 4.64. The van der Waals surface area contributed by atoms with Crippen molar-refractivity contribution in [1.82, 2.24) is 4.57 Å². The van der Waals surface area contributed by atoms with Gasteiger partial charge in [0, 0.05) is 11.4 Å². The molecule has 0 spiro atoms. The molecular weight excluding hydrogens is 188 g/mol. The Labute approximate surface area is 88.6 Å². The molecule has 0 aliphatic heterocycles. The van der Waals surface area contributed by atoms with E-state index in [-0.39, 0.29) is 0 Å². The highest BCUT2D eigenvalue weighted by molar-refractivity contribution is 5.37. The minimum Gasteiger partial charge on any atom is -0.467 e. The summed E-state index contributed by atoms with van der Waals surface area (Å²) in [5.74, 6) is 0.904. The van der Waals surface area contributed by atoms with Crippen molar-refractivity contribution in [2.24, 2.45) is 0 Å². The van der Waals surface area contributed by atoms with Crippen LogP contribution in [0.1, 0.15) is 22.7 Å². The number of hydrogen-bond donors (Lipinski definition) is 0. The Kier molecular flexibility index (Phi) is 2.34. The molecule has 2 heterocycles. The zero-order valence-corrected chi connectivity index (χ0v) is 8.82. The Morgan fingerprint density at radius 2 is 2.27 bits per heavy atom. The molecule has 2 aromatic heterocycles. The number of furan rings is 1. The Morgan fingerprint density at radius 3 is 2.80 bits per heavy atom. The molecule has 0 aliphatic carbocycles. The summed E-state index contributed by atoms with van der Waals surface area (Å²) in [6.07, 6.45) is 1.66. The second-order valence-corrected chi connectivity index (χ2v) is 3.56. The van der Waals surface area contributed by atoms with Gasteiger partial charge in [-0.05, 0) is 32.0 Å². The lowest BCUT2D eigenvalue weighted by Crippen LogP contribution is -2.02. The predicted octanol–water partition coefficient (Wildman–Crippen LogP) is 2.62. The summed E-state index contributed by atoms with van der Waals surface area (Å²) in [6, 6.07) is 7.89. The summed E-state index contributed by atoms with van der Waals surface area (Å²) in [5, 5.41) is 8.90. The van der Waals surface area contributed by atoms with E-state index in [4.69, 9.17) is 9.68 Å². The van der Waals surface area contributed by atoms with Crippen molar-refractivity contribution in [3.63, 3.8) is 0 Å². The number of aryl methyl sites for hydroxylation is 1. The molecule has 76 valence electrons. The van der Waals surface area contributed by atoms with Gasteiger partial charge in [0.05, 0.1) is 18.4 Å². The monoisotopic (exact) mass is 200 g/mol. The lowest BCUT2D eigenvalue weighted by molar-refractivity contribution is 0.489. The minimum atomic E-state index is 0.687. The summed E-state index contributed by atoms with van der Waals surface area (Å²) in [5.41, 5.74) is 2.81. The minimum absolute atomic E-state index is 0.687. The summed E-state index contributed by atoms with van der Waals surface area (Å²) in [7, 11) is 0. The van der Waals surface area contributed by atoms with Crippen LogP contribution in [0.2, 0.25) is 0 Å². The van der Waals surface area contributed by atoms with Gasteiger partial charge in [-0.25, -0.2) is 0 Å². The fourth-order valence-corrected chi connectivity index (χ4v) is 1.72. The van der Waals surface area contributed by atoms with Gasteiger partial charge in [-0.15, -0.1) is 0 Å². The first-order chi connectivity index (χ1) is 7.22. The maximum absolute atomic E-state index is 8.90. The van der Waals surface area contributed by atoms with E-state index in [1.165, 1.54) is 0 Å². The van der Waals surface area contributed by atoms with Crippen LogP contribution in [0, 0.1) is 25.2 Å². The topological polar surface area (TPSA) is 41.9 Å². The van der Waals surface area contributed by atoms with E-state index in [1.54, 1.807) is 6.26 Å². The van der Waals surface area contributed by atoms with Gasteiger partial charge in [-0.1, -0.05) is 0 Å². The van der Waals surface area contributed by atoms with Crippen LogP contribution in [0.25, 0.3) is 0 Å². The lowest BCUT2D eigenvalue weighted by atomic mass is 10.3. The Bertz CT molecular complexity index is 500. The zero-order valence-electron chi connectivity index (χ0n) is 8.82. The van der Waals surface area contributed by atoms with Crippen molar-refractivity contribution < 1.29 is 4.42 Å². The third kappa shape index (κ3) is 1.66. The van der Waals surface area contributed by atoms with Gasteiger partial charge in [0.1, 0.15) is 11.8 Å². The first kappa shape index (κ1) is 9.60. The van der Waals surface area contributed by atoms with Gasteiger partial charge in [-0.3, -0.25) is 0 Å². The van der Waals surface area contributed by atoms with Crippen LogP contribution in [0.5, 0.6) is 0 Å². The van der Waals surface area contributed by atoms with Crippen LogP contribution < -0.4 is 0 Å². The van der Waals surface area contributed by atoms with E-state index in [0.29, 0.717) is 6.54 Å². The molecule has 0 saturated carbocycles. The van der Waals surface area contributed by atoms with E-state index in [0.717, 1.165) is 22.7 Å². The molecule has 2 aromatic rings. The Hall–Kier alpha value is -1.95. The van der Waals surface area contributed by atoms with Gasteiger partial charge in [0.25, 0.3) is 0 Å². The van der Waals surface area contributed by atoms with Crippen LogP contribution in [-0.4, -0.2) is 4.57 Å². The standard InChI is InChI=1S/C12H12N2O/c1-9-6-11(7-13)10(2)14(9)8-12-4-3-5-15-12/h3-6H,8H2,1-2H3. The smallest absolute Gasteiger partial charge is 0.123 e. The second-order valence-electron chi connectivity index (χ2n) is 3.56. The fraction of sp³-hybridized carbons (Fsp3) is 0.250. The van der Waals surface area contributed by atoms with Crippen molar-refractivity contribution in [3.05, 3.63) is 47.2 Å². The highest BCUT2D eigenvalue weighted by atomic mass is 16.3. The van der Waals surface area contributed by atoms with E-state index in [2.05, 4.69) is 10.6 Å². The van der Waals surface area contributed by atoms with E-state index in [9.17, 15) is 0 Å². The van der Waals surface area contributed by atoms with Gasteiger partial charge in [0.15, 0.2) is 0 Å². The van der Waals surface area contributed by atoms with Crippen molar-refractivity contribution in [1.29, 1.82) is 5.26 Å².